The fourth-order valence-electron chi connectivity index (χ4n) is 4.20. The first-order chi connectivity index (χ1) is 19.0. The molecule has 0 fully saturated rings. The van der Waals surface area contributed by atoms with E-state index in [-0.39, 0.29) is 35.1 Å². The molecule has 0 saturated heterocycles. The SMILES string of the molecule is CC1=C(C(=O)Nc2ccc(Oc3ccnc(NC(=O)N(C)CC(C)O)c3)c(F)c2)C(O)N(c2ccccc2)N1C. The van der Waals surface area contributed by atoms with Crippen LogP contribution >= 0.6 is 0 Å². The third-order valence-electron chi connectivity index (χ3n) is 6.22. The van der Waals surface area contributed by atoms with E-state index in [1.54, 1.807) is 30.9 Å². The Morgan fingerprint density at radius 3 is 2.55 bits per heavy atom. The van der Waals surface area contributed by atoms with Gasteiger partial charge in [-0.2, -0.15) is 0 Å². The van der Waals surface area contributed by atoms with Gasteiger partial charge in [0.15, 0.2) is 17.8 Å². The van der Waals surface area contributed by atoms with Gasteiger partial charge < -0.3 is 25.2 Å². The lowest BCUT2D eigenvalue weighted by Gasteiger charge is -2.31. The van der Waals surface area contributed by atoms with Crippen LogP contribution in [0.25, 0.3) is 0 Å². The topological polar surface area (TPSA) is 130 Å². The predicted molar refractivity (Wildman–Crippen MR) is 148 cm³/mol. The second kappa shape index (κ2) is 12.0. The number of ether oxygens (including phenoxy) is 1. The van der Waals surface area contributed by atoms with Crippen LogP contribution in [0.1, 0.15) is 13.8 Å². The zero-order valence-corrected chi connectivity index (χ0v) is 22.5. The molecule has 210 valence electrons. The maximum absolute atomic E-state index is 14.9. The highest BCUT2D eigenvalue weighted by Gasteiger charge is 2.37. The van der Waals surface area contributed by atoms with Crippen molar-refractivity contribution in [1.82, 2.24) is 14.9 Å². The number of para-hydroxylation sites is 1. The molecule has 3 aromatic rings. The summed E-state index contributed by atoms with van der Waals surface area (Å²) in [6.07, 6.45) is -0.526. The first-order valence-corrected chi connectivity index (χ1v) is 12.5. The molecule has 4 N–H and O–H groups in total. The Kier molecular flexibility index (Phi) is 8.51. The quantitative estimate of drug-likeness (QED) is 0.334. The van der Waals surface area contributed by atoms with Gasteiger partial charge in [0.05, 0.1) is 17.4 Å². The second-order valence-corrected chi connectivity index (χ2v) is 9.31. The molecule has 0 radical (unpaired) electrons. The monoisotopic (exact) mass is 550 g/mol. The van der Waals surface area contributed by atoms with Gasteiger partial charge >= 0.3 is 6.03 Å². The molecule has 1 aliphatic rings. The van der Waals surface area contributed by atoms with E-state index < -0.39 is 30.1 Å². The molecule has 2 unspecified atom stereocenters. The zero-order chi connectivity index (χ0) is 29.0. The Morgan fingerprint density at radius 1 is 1.15 bits per heavy atom. The molecule has 3 amide bonds. The van der Waals surface area contributed by atoms with Crippen molar-refractivity contribution in [1.29, 1.82) is 0 Å². The van der Waals surface area contributed by atoms with Crippen LogP contribution in [0.5, 0.6) is 11.5 Å². The van der Waals surface area contributed by atoms with Crippen molar-refractivity contribution in [3.05, 3.63) is 83.9 Å². The predicted octanol–water partition coefficient (Wildman–Crippen LogP) is 3.76. The van der Waals surface area contributed by atoms with Crippen molar-refractivity contribution in [3.63, 3.8) is 0 Å². The number of hydrogen-bond donors (Lipinski definition) is 4. The highest BCUT2D eigenvalue weighted by atomic mass is 19.1. The van der Waals surface area contributed by atoms with Gasteiger partial charge in [-0.15, -0.1) is 0 Å². The van der Waals surface area contributed by atoms with E-state index in [1.807, 2.05) is 30.3 Å². The molecular formula is C28H31FN6O5. The lowest BCUT2D eigenvalue weighted by atomic mass is 10.1. The number of nitrogens with zero attached hydrogens (tertiary/aromatic N) is 4. The number of aromatic nitrogens is 1. The molecule has 11 nitrogen and oxygen atoms in total. The Labute approximate surface area is 231 Å². The summed E-state index contributed by atoms with van der Waals surface area (Å²) in [5.74, 6) is -1.02. The number of anilines is 3. The van der Waals surface area contributed by atoms with Crippen LogP contribution in [0.2, 0.25) is 0 Å². The van der Waals surface area contributed by atoms with Gasteiger partial charge in [-0.25, -0.2) is 14.2 Å². The van der Waals surface area contributed by atoms with E-state index >= 15 is 0 Å². The van der Waals surface area contributed by atoms with Crippen molar-refractivity contribution in [2.75, 3.05) is 36.3 Å². The number of hydrazine groups is 1. The van der Waals surface area contributed by atoms with Crippen LogP contribution < -0.4 is 20.4 Å². The van der Waals surface area contributed by atoms with Crippen molar-refractivity contribution in [3.8, 4) is 11.5 Å². The van der Waals surface area contributed by atoms with Crippen molar-refractivity contribution in [2.45, 2.75) is 26.2 Å². The molecule has 2 aromatic carbocycles. The molecule has 0 saturated carbocycles. The number of likely N-dealkylation sites (N-methyl/N-ethyl adjacent to an activating group) is 1. The lowest BCUT2D eigenvalue weighted by Crippen LogP contribution is -2.41. The second-order valence-electron chi connectivity index (χ2n) is 9.31. The van der Waals surface area contributed by atoms with E-state index in [2.05, 4.69) is 15.6 Å². The summed E-state index contributed by atoms with van der Waals surface area (Å²) in [5.41, 5.74) is 1.56. The minimum atomic E-state index is -1.23. The summed E-state index contributed by atoms with van der Waals surface area (Å²) in [4.78, 5) is 30.7. The zero-order valence-electron chi connectivity index (χ0n) is 22.5. The summed E-state index contributed by atoms with van der Waals surface area (Å²) in [6.45, 7) is 3.42. The Bertz CT molecular complexity index is 1420. The van der Waals surface area contributed by atoms with Gasteiger partial charge in [-0.05, 0) is 44.2 Å². The first-order valence-electron chi connectivity index (χ1n) is 12.5. The number of hydrogen-bond acceptors (Lipinski definition) is 8. The highest BCUT2D eigenvalue weighted by Crippen LogP contribution is 2.33. The third-order valence-corrected chi connectivity index (χ3v) is 6.22. The maximum Gasteiger partial charge on any atom is 0.322 e. The summed E-state index contributed by atoms with van der Waals surface area (Å²) in [6, 6.07) is 15.5. The number of halogens is 1. The van der Waals surface area contributed by atoms with Gasteiger partial charge in [0.2, 0.25) is 0 Å². The number of aliphatic hydroxyl groups excluding tert-OH is 2. The number of pyridine rings is 1. The standard InChI is InChI=1S/C28H31FN6O5/c1-17(36)16-33(3)28(39)32-24-15-21(12-13-30-24)40-23-11-10-19(14-22(23)29)31-26(37)25-18(2)34(4)35(27(25)38)20-8-6-5-7-9-20/h5-15,17,27,36,38H,16H2,1-4H3,(H,31,37)(H,30,32,39). The fraction of sp³-hybridized carbons (Fsp3) is 0.250. The summed E-state index contributed by atoms with van der Waals surface area (Å²) >= 11 is 0. The van der Waals surface area contributed by atoms with Crippen LogP contribution in [-0.2, 0) is 4.79 Å². The molecule has 2 heterocycles. The average molecular weight is 551 g/mol. The van der Waals surface area contributed by atoms with Gasteiger partial charge in [0, 0.05) is 50.4 Å². The number of benzene rings is 2. The van der Waals surface area contributed by atoms with E-state index in [0.717, 1.165) is 6.07 Å². The molecular weight excluding hydrogens is 519 g/mol. The van der Waals surface area contributed by atoms with Gasteiger partial charge in [-0.1, -0.05) is 18.2 Å². The lowest BCUT2D eigenvalue weighted by molar-refractivity contribution is -0.113. The molecule has 2 atom stereocenters. The average Bonchev–Trinajstić information content (AvgIpc) is 3.13. The number of carbonyl (C=O) groups is 2. The highest BCUT2D eigenvalue weighted by molar-refractivity contribution is 6.05. The number of urea groups is 1. The number of allylic oxidation sites excluding steroid dienone is 1. The van der Waals surface area contributed by atoms with Crippen molar-refractivity contribution in [2.24, 2.45) is 0 Å². The van der Waals surface area contributed by atoms with E-state index in [0.29, 0.717) is 11.4 Å². The van der Waals surface area contributed by atoms with Gasteiger partial charge in [-0.3, -0.25) is 20.1 Å². The fourth-order valence-corrected chi connectivity index (χ4v) is 4.20. The van der Waals surface area contributed by atoms with Crippen LogP contribution in [0.4, 0.5) is 26.4 Å². The molecule has 1 aliphatic heterocycles. The molecule has 12 heteroatoms. The Hall–Kier alpha value is -4.68. The maximum atomic E-state index is 14.9. The van der Waals surface area contributed by atoms with Crippen LogP contribution in [0.15, 0.2) is 78.1 Å². The van der Waals surface area contributed by atoms with Crippen LogP contribution in [0, 0.1) is 5.82 Å². The van der Waals surface area contributed by atoms with Crippen LogP contribution in [-0.4, -0.2) is 70.0 Å². The van der Waals surface area contributed by atoms with E-state index in [1.165, 1.54) is 42.4 Å². The first kappa shape index (κ1) is 28.3. The largest absolute Gasteiger partial charge is 0.454 e. The molecule has 1 aromatic heterocycles. The smallest absolute Gasteiger partial charge is 0.322 e. The normalized spacial score (nSPS) is 15.6. The summed E-state index contributed by atoms with van der Waals surface area (Å²) in [7, 11) is 3.27. The van der Waals surface area contributed by atoms with Crippen molar-refractivity contribution < 1.29 is 28.9 Å². The molecule has 40 heavy (non-hydrogen) atoms. The van der Waals surface area contributed by atoms with Crippen LogP contribution in [0.3, 0.4) is 0 Å². The Balaban J connectivity index is 1.42. The minimum absolute atomic E-state index is 0.112. The van der Waals surface area contributed by atoms with Crippen molar-refractivity contribution >= 4 is 29.1 Å². The molecule has 0 spiro atoms. The van der Waals surface area contributed by atoms with E-state index in [9.17, 15) is 24.2 Å². The molecule has 0 aliphatic carbocycles. The third kappa shape index (κ3) is 6.30. The minimum Gasteiger partial charge on any atom is -0.454 e. The summed E-state index contributed by atoms with van der Waals surface area (Å²) in [5, 5.41) is 28.9. The number of aliphatic hydroxyl groups is 2. The number of carbonyl (C=O) groups excluding carboxylic acids is 2. The Morgan fingerprint density at radius 2 is 1.88 bits per heavy atom. The molecule has 4 rings (SSSR count). The molecule has 0 bridgehead atoms. The number of rotatable bonds is 8. The van der Waals surface area contributed by atoms with Gasteiger partial charge in [0.1, 0.15) is 11.6 Å². The number of nitrogens with one attached hydrogen (secondary N) is 2. The number of amides is 3. The van der Waals surface area contributed by atoms with E-state index in [4.69, 9.17) is 4.74 Å². The summed E-state index contributed by atoms with van der Waals surface area (Å²) < 4.78 is 20.6. The van der Waals surface area contributed by atoms with Gasteiger partial charge in [0.25, 0.3) is 5.91 Å².